The van der Waals surface area contributed by atoms with E-state index in [1.54, 1.807) is 32.4 Å². The van der Waals surface area contributed by atoms with Crippen LogP contribution in [0.5, 0.6) is 11.5 Å². The Hall–Kier alpha value is -3.26. The van der Waals surface area contributed by atoms with E-state index in [1.165, 1.54) is 16.0 Å². The smallest absolute Gasteiger partial charge is 0.323 e. The van der Waals surface area contributed by atoms with Crippen LogP contribution in [0.25, 0.3) is 11.0 Å². The van der Waals surface area contributed by atoms with E-state index in [1.807, 2.05) is 12.1 Å². The summed E-state index contributed by atoms with van der Waals surface area (Å²) in [5.41, 5.74) is 4.20. The third-order valence-corrected chi connectivity index (χ3v) is 5.10. The molecule has 2 aromatic carbocycles. The predicted octanol–water partition coefficient (Wildman–Crippen LogP) is 0.453. The summed E-state index contributed by atoms with van der Waals surface area (Å²) in [5.74, 6) is 1.39. The molecule has 1 amide bonds. The van der Waals surface area contributed by atoms with Crippen LogP contribution >= 0.6 is 0 Å². The van der Waals surface area contributed by atoms with E-state index >= 15 is 0 Å². The molecular weight excluding hydrogens is 360 g/mol. The molecule has 8 nitrogen and oxygen atoms in total. The van der Waals surface area contributed by atoms with Crippen LogP contribution in [0.4, 0.5) is 5.69 Å². The number of nitrogens with one attached hydrogen (secondary N) is 4. The number of ether oxygens (including phenoxy) is 2. The number of carbonyl (C=O) groups is 1. The van der Waals surface area contributed by atoms with Crippen LogP contribution in [0, 0.1) is 0 Å². The van der Waals surface area contributed by atoms with E-state index in [-0.39, 0.29) is 11.6 Å². The normalized spacial score (nSPS) is 15.9. The third kappa shape index (κ3) is 3.59. The molecule has 0 saturated carbocycles. The predicted molar refractivity (Wildman–Crippen MR) is 105 cm³/mol. The summed E-state index contributed by atoms with van der Waals surface area (Å²) in [6.07, 6.45) is 0.884. The van der Waals surface area contributed by atoms with Gasteiger partial charge in [0, 0.05) is 17.7 Å². The van der Waals surface area contributed by atoms with E-state index < -0.39 is 0 Å². The zero-order valence-electron chi connectivity index (χ0n) is 15.8. The lowest BCUT2D eigenvalue weighted by Gasteiger charge is -2.26. The van der Waals surface area contributed by atoms with E-state index in [0.717, 1.165) is 25.3 Å². The zero-order valence-corrected chi connectivity index (χ0v) is 15.8. The molecule has 146 valence electrons. The summed E-state index contributed by atoms with van der Waals surface area (Å²) < 4.78 is 10.8. The number of carbonyl (C=O) groups excluding carboxylic acids is 1. The Morgan fingerprint density at radius 2 is 1.79 bits per heavy atom. The summed E-state index contributed by atoms with van der Waals surface area (Å²) in [6.45, 7) is 2.00. The fourth-order valence-corrected chi connectivity index (χ4v) is 3.72. The molecule has 0 spiro atoms. The van der Waals surface area contributed by atoms with Crippen LogP contribution < -0.4 is 25.4 Å². The van der Waals surface area contributed by atoms with Crippen molar-refractivity contribution in [2.75, 3.05) is 32.6 Å². The topological polar surface area (TPSA) is 101 Å². The Morgan fingerprint density at radius 1 is 1.07 bits per heavy atom. The molecule has 1 aliphatic rings. The largest absolute Gasteiger partial charge is 0.493 e. The highest BCUT2D eigenvalue weighted by atomic mass is 16.5. The van der Waals surface area contributed by atoms with E-state index in [9.17, 15) is 9.59 Å². The van der Waals surface area contributed by atoms with Crippen LogP contribution in [0.2, 0.25) is 0 Å². The number of amides is 1. The van der Waals surface area contributed by atoms with Crippen molar-refractivity contribution in [2.24, 2.45) is 0 Å². The molecule has 28 heavy (non-hydrogen) atoms. The maximum Gasteiger partial charge on any atom is 0.323 e. The van der Waals surface area contributed by atoms with Crippen LogP contribution in [-0.2, 0) is 17.8 Å². The summed E-state index contributed by atoms with van der Waals surface area (Å²) in [5, 5.41) is 2.91. The number of aromatic nitrogens is 2. The summed E-state index contributed by atoms with van der Waals surface area (Å²) in [4.78, 5) is 30.4. The molecule has 1 aliphatic heterocycles. The lowest BCUT2D eigenvalue weighted by atomic mass is 9.99. The van der Waals surface area contributed by atoms with Gasteiger partial charge >= 0.3 is 5.69 Å². The van der Waals surface area contributed by atoms with E-state index in [0.29, 0.717) is 29.0 Å². The highest BCUT2D eigenvalue weighted by Crippen LogP contribution is 2.31. The Morgan fingerprint density at radius 3 is 2.54 bits per heavy atom. The minimum Gasteiger partial charge on any atom is -0.493 e. The number of quaternary nitrogens is 1. The molecule has 4 rings (SSSR count). The lowest BCUT2D eigenvalue weighted by molar-refractivity contribution is -0.907. The maximum absolute atomic E-state index is 12.5. The van der Waals surface area contributed by atoms with Crippen molar-refractivity contribution in [1.29, 1.82) is 0 Å². The molecule has 1 unspecified atom stereocenters. The Kier molecular flexibility index (Phi) is 4.79. The first kappa shape index (κ1) is 18.1. The monoisotopic (exact) mass is 383 g/mol. The number of H-pyrrole nitrogens is 2. The van der Waals surface area contributed by atoms with Crippen molar-refractivity contribution >= 4 is 22.6 Å². The molecule has 0 bridgehead atoms. The molecule has 0 saturated heterocycles. The van der Waals surface area contributed by atoms with Gasteiger partial charge in [0.25, 0.3) is 5.91 Å². The average Bonchev–Trinajstić information content (AvgIpc) is 3.06. The molecule has 8 heteroatoms. The number of hydrogen-bond donors (Lipinski definition) is 4. The lowest BCUT2D eigenvalue weighted by Crippen LogP contribution is -3.12. The number of rotatable bonds is 5. The average molecular weight is 383 g/mol. The Bertz CT molecular complexity index is 1090. The highest BCUT2D eigenvalue weighted by molar-refractivity contribution is 5.93. The second-order valence-corrected chi connectivity index (χ2v) is 6.97. The second kappa shape index (κ2) is 7.40. The highest BCUT2D eigenvalue weighted by Gasteiger charge is 2.24. The van der Waals surface area contributed by atoms with Crippen molar-refractivity contribution in [3.63, 3.8) is 0 Å². The number of fused-ring (bicyclic) bond motifs is 2. The summed E-state index contributed by atoms with van der Waals surface area (Å²) >= 11 is 0. The van der Waals surface area contributed by atoms with Crippen LogP contribution in [-0.4, -0.2) is 43.2 Å². The van der Waals surface area contributed by atoms with Gasteiger partial charge in [-0.15, -0.1) is 0 Å². The summed E-state index contributed by atoms with van der Waals surface area (Å²) in [7, 11) is 3.26. The van der Waals surface area contributed by atoms with Gasteiger partial charge in [0.2, 0.25) is 0 Å². The number of aromatic amines is 2. The quantitative estimate of drug-likeness (QED) is 0.514. The SMILES string of the molecule is COc1cc2c(cc1OC)C[NH+](CC(=O)Nc1ccc3[nH]c(=O)[nH]c3c1)CC2. The molecular formula is C20H23N4O4+. The number of benzene rings is 2. The first-order valence-electron chi connectivity index (χ1n) is 9.15. The fourth-order valence-electron chi connectivity index (χ4n) is 3.72. The van der Waals surface area contributed by atoms with Gasteiger partial charge < -0.3 is 29.7 Å². The number of methoxy groups -OCH3 is 2. The molecule has 1 aromatic heterocycles. The first-order chi connectivity index (χ1) is 13.6. The van der Waals surface area contributed by atoms with Gasteiger partial charge in [-0.25, -0.2) is 4.79 Å². The van der Waals surface area contributed by atoms with Gasteiger partial charge in [-0.05, 0) is 35.9 Å². The van der Waals surface area contributed by atoms with Crippen molar-refractivity contribution in [1.82, 2.24) is 9.97 Å². The molecule has 0 fully saturated rings. The van der Waals surface area contributed by atoms with Crippen LogP contribution in [0.3, 0.4) is 0 Å². The fraction of sp³-hybridized carbons (Fsp3) is 0.300. The molecule has 0 aliphatic carbocycles. The molecule has 1 atom stereocenters. The van der Waals surface area contributed by atoms with Gasteiger partial charge in [-0.1, -0.05) is 0 Å². The van der Waals surface area contributed by atoms with E-state index in [2.05, 4.69) is 15.3 Å². The third-order valence-electron chi connectivity index (χ3n) is 5.10. The van der Waals surface area contributed by atoms with Crippen molar-refractivity contribution in [3.05, 3.63) is 51.9 Å². The van der Waals surface area contributed by atoms with Gasteiger partial charge in [0.05, 0.1) is 31.8 Å². The number of anilines is 1. The van der Waals surface area contributed by atoms with E-state index in [4.69, 9.17) is 9.47 Å². The molecule has 4 N–H and O–H groups in total. The standard InChI is InChI=1S/C20H22N4O4/c1-27-17-7-12-5-6-24(10-13(12)8-18(17)28-2)11-19(25)21-14-3-4-15-16(9-14)23-20(26)22-15/h3-4,7-9H,5-6,10-11H2,1-2H3,(H,21,25)(H2,22,23,26)/p+1. The Balaban J connectivity index is 1.43. The molecule has 0 radical (unpaired) electrons. The molecule has 2 heterocycles. The summed E-state index contributed by atoms with van der Waals surface area (Å²) in [6, 6.07) is 9.33. The zero-order chi connectivity index (χ0) is 19.7. The Labute approximate surface area is 161 Å². The van der Waals surface area contributed by atoms with Crippen molar-refractivity contribution in [3.8, 4) is 11.5 Å². The van der Waals surface area contributed by atoms with Crippen molar-refractivity contribution in [2.45, 2.75) is 13.0 Å². The van der Waals surface area contributed by atoms with Gasteiger partial charge in [0.1, 0.15) is 6.54 Å². The van der Waals surface area contributed by atoms with Crippen molar-refractivity contribution < 1.29 is 19.2 Å². The maximum atomic E-state index is 12.5. The number of hydrogen-bond acceptors (Lipinski definition) is 4. The van der Waals surface area contributed by atoms with Gasteiger partial charge in [-0.2, -0.15) is 0 Å². The minimum absolute atomic E-state index is 0.0591. The minimum atomic E-state index is -0.262. The van der Waals surface area contributed by atoms with Gasteiger partial charge in [0.15, 0.2) is 18.0 Å². The van der Waals surface area contributed by atoms with Gasteiger partial charge in [-0.3, -0.25) is 4.79 Å². The molecule has 3 aromatic rings. The van der Waals surface area contributed by atoms with Crippen LogP contribution in [0.1, 0.15) is 11.1 Å². The number of imidazole rings is 1. The van der Waals surface area contributed by atoms with Crippen LogP contribution in [0.15, 0.2) is 35.1 Å². The second-order valence-electron chi connectivity index (χ2n) is 6.97. The first-order valence-corrected chi connectivity index (χ1v) is 9.15.